The van der Waals surface area contributed by atoms with Crippen molar-refractivity contribution in [3.8, 4) is 5.75 Å². The SMILES string of the molecule is CCc1cc(NC(=O)NCC(C)Oc2ccccc2F)n(C)n1. The van der Waals surface area contributed by atoms with Gasteiger partial charge in [0.15, 0.2) is 11.6 Å². The third-order valence-electron chi connectivity index (χ3n) is 3.25. The summed E-state index contributed by atoms with van der Waals surface area (Å²) in [5.41, 5.74) is 0.902. The van der Waals surface area contributed by atoms with E-state index in [4.69, 9.17) is 4.74 Å². The Morgan fingerprint density at radius 1 is 1.43 bits per heavy atom. The smallest absolute Gasteiger partial charge is 0.320 e. The molecule has 0 aliphatic heterocycles. The van der Waals surface area contributed by atoms with Crippen LogP contribution in [0.2, 0.25) is 0 Å². The first-order chi connectivity index (χ1) is 11.0. The van der Waals surface area contributed by atoms with Crippen molar-refractivity contribution in [1.82, 2.24) is 15.1 Å². The molecule has 0 fully saturated rings. The van der Waals surface area contributed by atoms with E-state index in [9.17, 15) is 9.18 Å². The van der Waals surface area contributed by atoms with Gasteiger partial charge in [-0.25, -0.2) is 9.18 Å². The monoisotopic (exact) mass is 320 g/mol. The molecule has 6 nitrogen and oxygen atoms in total. The minimum absolute atomic E-state index is 0.168. The average molecular weight is 320 g/mol. The van der Waals surface area contributed by atoms with E-state index in [1.165, 1.54) is 6.07 Å². The third kappa shape index (κ3) is 4.70. The molecule has 23 heavy (non-hydrogen) atoms. The first-order valence-corrected chi connectivity index (χ1v) is 7.48. The lowest BCUT2D eigenvalue weighted by Gasteiger charge is -2.16. The van der Waals surface area contributed by atoms with Crippen LogP contribution in [-0.4, -0.2) is 28.5 Å². The molecule has 0 spiro atoms. The number of urea groups is 1. The standard InChI is InChI=1S/C16H21FN4O2/c1-4-12-9-15(21(3)20-12)19-16(22)18-10-11(2)23-14-8-6-5-7-13(14)17/h5-9,11H,4,10H2,1-3H3,(H2,18,19,22). The van der Waals surface area contributed by atoms with E-state index in [-0.39, 0.29) is 24.4 Å². The molecule has 0 bridgehead atoms. The van der Waals surface area contributed by atoms with Crippen LogP contribution >= 0.6 is 0 Å². The van der Waals surface area contributed by atoms with Gasteiger partial charge in [0.2, 0.25) is 0 Å². The number of nitrogens with one attached hydrogen (secondary N) is 2. The van der Waals surface area contributed by atoms with Crippen molar-refractivity contribution in [3.63, 3.8) is 0 Å². The van der Waals surface area contributed by atoms with Gasteiger partial charge in [-0.3, -0.25) is 10.00 Å². The van der Waals surface area contributed by atoms with Gasteiger partial charge >= 0.3 is 6.03 Å². The van der Waals surface area contributed by atoms with Gasteiger partial charge in [-0.2, -0.15) is 5.10 Å². The van der Waals surface area contributed by atoms with Crippen molar-refractivity contribution in [2.24, 2.45) is 7.05 Å². The van der Waals surface area contributed by atoms with Gasteiger partial charge < -0.3 is 10.1 Å². The molecule has 0 saturated heterocycles. The Labute approximate surface area is 134 Å². The van der Waals surface area contributed by atoms with Crippen LogP contribution in [0, 0.1) is 5.82 Å². The van der Waals surface area contributed by atoms with Crippen molar-refractivity contribution in [3.05, 3.63) is 41.8 Å². The van der Waals surface area contributed by atoms with E-state index in [0.717, 1.165) is 12.1 Å². The molecule has 0 radical (unpaired) electrons. The lowest BCUT2D eigenvalue weighted by atomic mass is 10.3. The molecule has 2 rings (SSSR count). The lowest BCUT2D eigenvalue weighted by Crippen LogP contribution is -2.36. The molecular formula is C16H21FN4O2. The number of nitrogens with zero attached hydrogens (tertiary/aromatic N) is 2. The summed E-state index contributed by atoms with van der Waals surface area (Å²) >= 11 is 0. The highest BCUT2D eigenvalue weighted by Crippen LogP contribution is 2.16. The largest absolute Gasteiger partial charge is 0.486 e. The first kappa shape index (κ1) is 16.8. The van der Waals surface area contributed by atoms with Crippen molar-refractivity contribution < 1.29 is 13.9 Å². The molecule has 2 aromatic rings. The van der Waals surface area contributed by atoms with Crippen molar-refractivity contribution in [2.45, 2.75) is 26.4 Å². The van der Waals surface area contributed by atoms with Crippen molar-refractivity contribution >= 4 is 11.8 Å². The predicted octanol–water partition coefficient (Wildman–Crippen LogP) is 2.71. The Morgan fingerprint density at radius 3 is 2.83 bits per heavy atom. The fourth-order valence-electron chi connectivity index (χ4n) is 2.01. The van der Waals surface area contributed by atoms with Crippen LogP contribution < -0.4 is 15.4 Å². The number of rotatable bonds is 6. The number of hydrogen-bond acceptors (Lipinski definition) is 3. The van der Waals surface area contributed by atoms with Crippen LogP contribution in [0.4, 0.5) is 15.0 Å². The number of aromatic nitrogens is 2. The summed E-state index contributed by atoms with van der Waals surface area (Å²) in [7, 11) is 1.76. The number of hydrogen-bond donors (Lipinski definition) is 2. The number of aryl methyl sites for hydroxylation is 2. The van der Waals surface area contributed by atoms with Crippen molar-refractivity contribution in [2.75, 3.05) is 11.9 Å². The summed E-state index contributed by atoms with van der Waals surface area (Å²) < 4.78 is 20.5. The van der Waals surface area contributed by atoms with Gasteiger partial charge in [-0.1, -0.05) is 19.1 Å². The second-order valence-electron chi connectivity index (χ2n) is 5.19. The molecule has 1 aromatic carbocycles. The number of carbonyl (C=O) groups is 1. The number of ether oxygens (including phenoxy) is 1. The quantitative estimate of drug-likeness (QED) is 0.860. The van der Waals surface area contributed by atoms with Crippen LogP contribution in [0.25, 0.3) is 0 Å². The topological polar surface area (TPSA) is 68.2 Å². The van der Waals surface area contributed by atoms with Gasteiger partial charge in [0.1, 0.15) is 11.9 Å². The molecule has 7 heteroatoms. The zero-order valence-electron chi connectivity index (χ0n) is 13.5. The molecule has 1 heterocycles. The molecule has 0 aliphatic carbocycles. The van der Waals surface area contributed by atoms with Crippen LogP contribution in [-0.2, 0) is 13.5 Å². The maximum Gasteiger partial charge on any atom is 0.320 e. The highest BCUT2D eigenvalue weighted by molar-refractivity contribution is 5.88. The van der Waals surface area contributed by atoms with E-state index in [0.29, 0.717) is 5.82 Å². The molecule has 2 N–H and O–H groups in total. The van der Waals surface area contributed by atoms with E-state index in [1.807, 2.05) is 13.0 Å². The van der Waals surface area contributed by atoms with Crippen molar-refractivity contribution in [1.29, 1.82) is 0 Å². The average Bonchev–Trinajstić information content (AvgIpc) is 2.88. The minimum Gasteiger partial charge on any atom is -0.486 e. The van der Waals surface area contributed by atoms with E-state index in [2.05, 4.69) is 15.7 Å². The van der Waals surface area contributed by atoms with Gasteiger partial charge in [0.25, 0.3) is 0 Å². The summed E-state index contributed by atoms with van der Waals surface area (Å²) in [6, 6.07) is 7.62. The van der Waals surface area contributed by atoms with Gasteiger partial charge in [0.05, 0.1) is 12.2 Å². The predicted molar refractivity (Wildman–Crippen MR) is 86.1 cm³/mol. The van der Waals surface area contributed by atoms with E-state index >= 15 is 0 Å². The number of benzene rings is 1. The molecular weight excluding hydrogens is 299 g/mol. The number of anilines is 1. The maximum absolute atomic E-state index is 13.5. The van der Waals surface area contributed by atoms with Crippen LogP contribution in [0.3, 0.4) is 0 Å². The molecule has 1 aromatic heterocycles. The second kappa shape index (κ2) is 7.62. The highest BCUT2D eigenvalue weighted by Gasteiger charge is 2.11. The summed E-state index contributed by atoms with van der Waals surface area (Å²) in [4.78, 5) is 11.9. The van der Waals surface area contributed by atoms with Gasteiger partial charge in [-0.15, -0.1) is 0 Å². The molecule has 1 unspecified atom stereocenters. The number of carbonyl (C=O) groups excluding carboxylic acids is 1. The number of amides is 2. The Balaban J connectivity index is 1.81. The zero-order valence-corrected chi connectivity index (χ0v) is 13.5. The van der Waals surface area contributed by atoms with Crippen LogP contribution in [0.1, 0.15) is 19.5 Å². The first-order valence-electron chi connectivity index (χ1n) is 7.48. The van der Waals surface area contributed by atoms with E-state index < -0.39 is 5.82 Å². The summed E-state index contributed by atoms with van der Waals surface area (Å²) in [6.45, 7) is 4.00. The fraction of sp³-hybridized carbons (Fsp3) is 0.375. The summed E-state index contributed by atoms with van der Waals surface area (Å²) in [6.07, 6.45) is 0.431. The summed E-state index contributed by atoms with van der Waals surface area (Å²) in [5.74, 6) is 0.356. The lowest BCUT2D eigenvalue weighted by molar-refractivity contribution is 0.205. The van der Waals surface area contributed by atoms with Crippen LogP contribution in [0.5, 0.6) is 5.75 Å². The Hall–Kier alpha value is -2.57. The van der Waals surface area contributed by atoms with Gasteiger partial charge in [0, 0.05) is 13.1 Å². The van der Waals surface area contributed by atoms with E-state index in [1.54, 1.807) is 36.9 Å². The highest BCUT2D eigenvalue weighted by atomic mass is 19.1. The maximum atomic E-state index is 13.5. The second-order valence-corrected chi connectivity index (χ2v) is 5.19. The molecule has 2 amide bonds. The Kier molecular flexibility index (Phi) is 5.56. The fourth-order valence-corrected chi connectivity index (χ4v) is 2.01. The summed E-state index contributed by atoms with van der Waals surface area (Å²) in [5, 5.41) is 9.65. The molecule has 0 saturated carbocycles. The number of para-hydroxylation sites is 1. The Morgan fingerprint density at radius 2 is 2.17 bits per heavy atom. The Bertz CT molecular complexity index is 672. The zero-order chi connectivity index (χ0) is 16.8. The van der Waals surface area contributed by atoms with Gasteiger partial charge in [-0.05, 0) is 25.5 Å². The minimum atomic E-state index is -0.425. The molecule has 124 valence electrons. The van der Waals surface area contributed by atoms with Crippen LogP contribution in [0.15, 0.2) is 30.3 Å². The molecule has 1 atom stereocenters. The third-order valence-corrected chi connectivity index (χ3v) is 3.25. The normalized spacial score (nSPS) is 11.8. The molecule has 0 aliphatic rings. The number of halogens is 1.